The number of aryl methyl sites for hydroxylation is 2. The van der Waals surface area contributed by atoms with E-state index in [1.807, 2.05) is 91.3 Å². The Morgan fingerprint density at radius 3 is 2.61 bits per heavy atom. The number of benzene rings is 4. The fourth-order valence-electron chi connectivity index (χ4n) is 4.16. The molecule has 5 aromatic rings. The normalized spacial score (nSPS) is 10.9. The summed E-state index contributed by atoms with van der Waals surface area (Å²) in [5.74, 6) is 0.743. The standard InChI is InChI=1S/C28H22N4O/c1-18-7-12-21-5-3-4-6-23(21)27(18)31-28(33)22-13-14-25-24(16-22)30-26(32(25)2)15-19-8-10-20(17-29)11-9-19/h3-14,16H,15H2,1-2H3,(H,31,33). The van der Waals surface area contributed by atoms with Crippen LogP contribution < -0.4 is 5.32 Å². The number of fused-ring (bicyclic) bond motifs is 2. The van der Waals surface area contributed by atoms with Gasteiger partial charge in [-0.1, -0.05) is 48.5 Å². The van der Waals surface area contributed by atoms with Crippen molar-refractivity contribution in [3.63, 3.8) is 0 Å². The second kappa shape index (κ2) is 8.25. The van der Waals surface area contributed by atoms with Gasteiger partial charge in [0.2, 0.25) is 0 Å². The number of nitrogens with one attached hydrogen (secondary N) is 1. The highest BCUT2D eigenvalue weighted by Crippen LogP contribution is 2.28. The van der Waals surface area contributed by atoms with Gasteiger partial charge in [-0.15, -0.1) is 0 Å². The van der Waals surface area contributed by atoms with Gasteiger partial charge in [0.1, 0.15) is 5.82 Å². The summed E-state index contributed by atoms with van der Waals surface area (Å²) in [5.41, 5.74) is 5.89. The first-order valence-corrected chi connectivity index (χ1v) is 10.8. The minimum atomic E-state index is -0.157. The lowest BCUT2D eigenvalue weighted by Gasteiger charge is -2.12. The zero-order valence-electron chi connectivity index (χ0n) is 18.5. The van der Waals surface area contributed by atoms with Crippen LogP contribution in [0.25, 0.3) is 21.8 Å². The van der Waals surface area contributed by atoms with Crippen molar-refractivity contribution in [2.75, 3.05) is 5.32 Å². The van der Waals surface area contributed by atoms with Crippen molar-refractivity contribution in [1.29, 1.82) is 5.26 Å². The molecule has 0 fully saturated rings. The average molecular weight is 431 g/mol. The summed E-state index contributed by atoms with van der Waals surface area (Å²) in [6.45, 7) is 2.00. The van der Waals surface area contributed by atoms with Gasteiger partial charge in [0, 0.05) is 24.4 Å². The molecule has 1 heterocycles. The average Bonchev–Trinajstić information content (AvgIpc) is 3.15. The first kappa shape index (κ1) is 20.5. The van der Waals surface area contributed by atoms with Gasteiger partial charge < -0.3 is 9.88 Å². The van der Waals surface area contributed by atoms with E-state index >= 15 is 0 Å². The molecule has 0 aliphatic rings. The van der Waals surface area contributed by atoms with E-state index in [4.69, 9.17) is 10.2 Å². The Labute approximate surface area is 191 Å². The maximum absolute atomic E-state index is 13.1. The lowest BCUT2D eigenvalue weighted by Crippen LogP contribution is -2.13. The number of nitrogens with zero attached hydrogens (tertiary/aromatic N) is 3. The van der Waals surface area contributed by atoms with Crippen molar-refractivity contribution in [2.24, 2.45) is 7.05 Å². The smallest absolute Gasteiger partial charge is 0.255 e. The van der Waals surface area contributed by atoms with Crippen LogP contribution in [-0.4, -0.2) is 15.5 Å². The van der Waals surface area contributed by atoms with E-state index in [9.17, 15) is 4.79 Å². The molecule has 0 saturated heterocycles. The van der Waals surface area contributed by atoms with Crippen LogP contribution >= 0.6 is 0 Å². The van der Waals surface area contributed by atoms with Crippen LogP contribution in [0.5, 0.6) is 0 Å². The van der Waals surface area contributed by atoms with E-state index in [2.05, 4.69) is 17.5 Å². The Kier molecular flexibility index (Phi) is 5.12. The molecule has 5 rings (SSSR count). The second-order valence-electron chi connectivity index (χ2n) is 8.21. The van der Waals surface area contributed by atoms with Crippen LogP contribution in [0.1, 0.15) is 32.9 Å². The number of carbonyl (C=O) groups excluding carboxylic acids is 1. The second-order valence-corrected chi connectivity index (χ2v) is 8.21. The molecule has 0 atom stereocenters. The molecule has 0 unspecified atom stereocenters. The highest BCUT2D eigenvalue weighted by molar-refractivity contribution is 6.10. The van der Waals surface area contributed by atoms with E-state index in [-0.39, 0.29) is 5.91 Å². The van der Waals surface area contributed by atoms with Gasteiger partial charge in [0.25, 0.3) is 5.91 Å². The largest absolute Gasteiger partial charge is 0.331 e. The fraction of sp³-hybridized carbons (Fsp3) is 0.107. The Hall–Kier alpha value is -4.43. The van der Waals surface area contributed by atoms with Gasteiger partial charge in [-0.25, -0.2) is 4.98 Å². The molecular formula is C28H22N4O. The lowest BCUT2D eigenvalue weighted by atomic mass is 10.0. The highest BCUT2D eigenvalue weighted by atomic mass is 16.1. The van der Waals surface area contributed by atoms with Gasteiger partial charge in [0.15, 0.2) is 0 Å². The summed E-state index contributed by atoms with van der Waals surface area (Å²) in [7, 11) is 1.98. The highest BCUT2D eigenvalue weighted by Gasteiger charge is 2.14. The van der Waals surface area contributed by atoms with Crippen molar-refractivity contribution in [3.05, 3.63) is 107 Å². The van der Waals surface area contributed by atoms with Crippen molar-refractivity contribution >= 4 is 33.4 Å². The Morgan fingerprint density at radius 1 is 1.03 bits per heavy atom. The number of hydrogen-bond donors (Lipinski definition) is 1. The third-order valence-corrected chi connectivity index (χ3v) is 6.06. The summed E-state index contributed by atoms with van der Waals surface area (Å²) in [6, 6.07) is 27.4. The third kappa shape index (κ3) is 3.83. The summed E-state index contributed by atoms with van der Waals surface area (Å²) in [6.07, 6.45) is 0.646. The first-order valence-electron chi connectivity index (χ1n) is 10.8. The maximum Gasteiger partial charge on any atom is 0.255 e. The molecular weight excluding hydrogens is 408 g/mol. The maximum atomic E-state index is 13.1. The summed E-state index contributed by atoms with van der Waals surface area (Å²) < 4.78 is 2.05. The minimum absolute atomic E-state index is 0.157. The lowest BCUT2D eigenvalue weighted by molar-refractivity contribution is 0.102. The summed E-state index contributed by atoms with van der Waals surface area (Å²) in [4.78, 5) is 17.9. The zero-order valence-corrected chi connectivity index (χ0v) is 18.5. The first-order chi connectivity index (χ1) is 16.0. The number of anilines is 1. The van der Waals surface area contributed by atoms with Crippen molar-refractivity contribution in [3.8, 4) is 6.07 Å². The van der Waals surface area contributed by atoms with E-state index in [0.717, 1.165) is 44.4 Å². The summed E-state index contributed by atoms with van der Waals surface area (Å²) in [5, 5.41) is 14.2. The van der Waals surface area contributed by atoms with Crippen molar-refractivity contribution < 1.29 is 4.79 Å². The number of aromatic nitrogens is 2. The summed E-state index contributed by atoms with van der Waals surface area (Å²) >= 11 is 0. The van der Waals surface area contributed by atoms with E-state index in [0.29, 0.717) is 17.5 Å². The number of hydrogen-bond acceptors (Lipinski definition) is 3. The number of carbonyl (C=O) groups is 1. The van der Waals surface area contributed by atoms with E-state index in [1.54, 1.807) is 0 Å². The fourth-order valence-corrected chi connectivity index (χ4v) is 4.16. The molecule has 0 spiro atoms. The Balaban J connectivity index is 1.44. The topological polar surface area (TPSA) is 70.7 Å². The number of imidazole rings is 1. The van der Waals surface area contributed by atoms with Crippen molar-refractivity contribution in [2.45, 2.75) is 13.3 Å². The zero-order chi connectivity index (χ0) is 22.9. The van der Waals surface area contributed by atoms with Crippen molar-refractivity contribution in [1.82, 2.24) is 9.55 Å². The number of rotatable bonds is 4. The van der Waals surface area contributed by atoms with E-state index < -0.39 is 0 Å². The minimum Gasteiger partial charge on any atom is -0.331 e. The predicted molar refractivity (Wildman–Crippen MR) is 131 cm³/mol. The molecule has 5 heteroatoms. The molecule has 1 aromatic heterocycles. The molecule has 4 aromatic carbocycles. The van der Waals surface area contributed by atoms with Crippen LogP contribution in [0.3, 0.4) is 0 Å². The van der Waals surface area contributed by atoms with Crippen LogP contribution in [0, 0.1) is 18.3 Å². The van der Waals surface area contributed by atoms with Gasteiger partial charge in [-0.05, 0) is 53.8 Å². The van der Waals surface area contributed by atoms with Crippen LogP contribution in [0.2, 0.25) is 0 Å². The van der Waals surface area contributed by atoms with Gasteiger partial charge in [-0.2, -0.15) is 5.26 Å². The molecule has 5 nitrogen and oxygen atoms in total. The Bertz CT molecular complexity index is 1560. The molecule has 0 saturated carbocycles. The van der Waals surface area contributed by atoms with Gasteiger partial charge >= 0.3 is 0 Å². The molecule has 0 aliphatic carbocycles. The SMILES string of the molecule is Cc1ccc2ccccc2c1NC(=O)c1ccc2c(c1)nc(Cc1ccc(C#N)cc1)n2C. The molecule has 33 heavy (non-hydrogen) atoms. The molecule has 0 radical (unpaired) electrons. The van der Waals surface area contributed by atoms with Gasteiger partial charge in [-0.3, -0.25) is 4.79 Å². The van der Waals surface area contributed by atoms with E-state index in [1.165, 1.54) is 0 Å². The molecule has 0 aliphatic heterocycles. The quantitative estimate of drug-likeness (QED) is 0.395. The molecule has 1 N–H and O–H groups in total. The third-order valence-electron chi connectivity index (χ3n) is 6.06. The molecule has 160 valence electrons. The van der Waals surface area contributed by atoms with Crippen LogP contribution in [0.4, 0.5) is 5.69 Å². The van der Waals surface area contributed by atoms with Crippen LogP contribution in [0.15, 0.2) is 78.9 Å². The number of amides is 1. The Morgan fingerprint density at radius 2 is 1.82 bits per heavy atom. The van der Waals surface area contributed by atoms with Gasteiger partial charge in [0.05, 0.1) is 28.4 Å². The predicted octanol–water partition coefficient (Wildman–Crippen LogP) is 5.75. The van der Waals surface area contributed by atoms with Crippen LogP contribution in [-0.2, 0) is 13.5 Å². The molecule has 1 amide bonds. The number of nitriles is 1. The monoisotopic (exact) mass is 430 g/mol. The molecule has 0 bridgehead atoms.